The molecule has 0 spiro atoms. The Labute approximate surface area is 111 Å². The molecule has 1 saturated heterocycles. The van der Waals surface area contributed by atoms with Crippen LogP contribution in [0.5, 0.6) is 0 Å². The summed E-state index contributed by atoms with van der Waals surface area (Å²) in [5.74, 6) is -0.844. The fourth-order valence-electron chi connectivity index (χ4n) is 2.29. The maximum atomic E-state index is 11.9. The quantitative estimate of drug-likeness (QED) is 0.906. The van der Waals surface area contributed by atoms with Crippen LogP contribution in [0.25, 0.3) is 0 Å². The average Bonchev–Trinajstić information content (AvgIpc) is 2.36. The maximum absolute atomic E-state index is 11.9. The third-order valence-corrected chi connectivity index (χ3v) is 3.21. The van der Waals surface area contributed by atoms with E-state index in [0.717, 1.165) is 11.3 Å². The van der Waals surface area contributed by atoms with Gasteiger partial charge in [-0.05, 0) is 31.0 Å². The van der Waals surface area contributed by atoms with Crippen LogP contribution in [0, 0.1) is 6.92 Å². The van der Waals surface area contributed by atoms with Crippen molar-refractivity contribution in [3.8, 4) is 0 Å². The molecule has 2 rings (SSSR count). The van der Waals surface area contributed by atoms with Crippen LogP contribution in [0.15, 0.2) is 24.3 Å². The highest BCUT2D eigenvalue weighted by Crippen LogP contribution is 2.26. The second-order valence-electron chi connectivity index (χ2n) is 4.70. The molecule has 1 unspecified atom stereocenters. The van der Waals surface area contributed by atoms with E-state index in [0.29, 0.717) is 19.4 Å². The Kier molecular flexibility index (Phi) is 4.04. The number of amides is 1. The number of ether oxygens (including phenoxy) is 1. The van der Waals surface area contributed by atoms with Gasteiger partial charge in [0.15, 0.2) is 0 Å². The molecule has 1 amide bonds. The summed E-state index contributed by atoms with van der Waals surface area (Å²) in [6, 6.07) is 7.46. The van der Waals surface area contributed by atoms with Crippen LogP contribution in [-0.2, 0) is 9.53 Å². The minimum Gasteiger partial charge on any atom is -0.481 e. The number of nitrogens with zero attached hydrogens (tertiary/aromatic N) is 1. The predicted molar refractivity (Wildman–Crippen MR) is 70.3 cm³/mol. The van der Waals surface area contributed by atoms with Crippen molar-refractivity contribution < 1.29 is 19.4 Å². The zero-order valence-electron chi connectivity index (χ0n) is 10.8. The molecule has 5 heteroatoms. The third-order valence-electron chi connectivity index (χ3n) is 3.21. The summed E-state index contributed by atoms with van der Waals surface area (Å²) in [5, 5.41) is 8.78. The summed E-state index contributed by atoms with van der Waals surface area (Å²) in [4.78, 5) is 24.2. The van der Waals surface area contributed by atoms with Crippen LogP contribution >= 0.6 is 0 Å². The number of cyclic esters (lactones) is 1. The summed E-state index contributed by atoms with van der Waals surface area (Å²) in [6.45, 7) is 2.30. The van der Waals surface area contributed by atoms with E-state index in [1.54, 1.807) is 4.90 Å². The number of aryl methyl sites for hydroxylation is 1. The highest BCUT2D eigenvalue weighted by molar-refractivity contribution is 5.89. The second kappa shape index (κ2) is 5.73. The SMILES string of the molecule is Cc1cccc(N2C(=O)OCCC2CCC(=O)O)c1. The van der Waals surface area contributed by atoms with Gasteiger partial charge in [0.25, 0.3) is 0 Å². The molecule has 1 fully saturated rings. The van der Waals surface area contributed by atoms with E-state index in [2.05, 4.69) is 0 Å². The van der Waals surface area contributed by atoms with Crippen LogP contribution in [-0.4, -0.2) is 29.8 Å². The lowest BCUT2D eigenvalue weighted by Crippen LogP contribution is -2.46. The van der Waals surface area contributed by atoms with Crippen LogP contribution in [0.4, 0.5) is 10.5 Å². The minimum absolute atomic E-state index is 0.0558. The second-order valence-corrected chi connectivity index (χ2v) is 4.70. The zero-order chi connectivity index (χ0) is 13.8. The molecule has 1 atom stereocenters. The average molecular weight is 263 g/mol. The molecule has 0 radical (unpaired) electrons. The smallest absolute Gasteiger partial charge is 0.414 e. The number of carboxylic acids is 1. The van der Waals surface area contributed by atoms with E-state index < -0.39 is 12.1 Å². The Bertz CT molecular complexity index is 486. The van der Waals surface area contributed by atoms with Gasteiger partial charge in [0.2, 0.25) is 0 Å². The summed E-state index contributed by atoms with van der Waals surface area (Å²) < 4.78 is 5.06. The monoisotopic (exact) mass is 263 g/mol. The number of benzene rings is 1. The first-order chi connectivity index (χ1) is 9.08. The first-order valence-electron chi connectivity index (χ1n) is 6.32. The summed E-state index contributed by atoms with van der Waals surface area (Å²) in [5.41, 5.74) is 1.81. The first-order valence-corrected chi connectivity index (χ1v) is 6.32. The summed E-state index contributed by atoms with van der Waals surface area (Å²) >= 11 is 0. The molecule has 1 aromatic rings. The van der Waals surface area contributed by atoms with E-state index in [1.807, 2.05) is 31.2 Å². The molecule has 0 aromatic heterocycles. The van der Waals surface area contributed by atoms with Crippen LogP contribution in [0.1, 0.15) is 24.8 Å². The number of carbonyl (C=O) groups is 2. The van der Waals surface area contributed by atoms with E-state index in [9.17, 15) is 9.59 Å². The Hall–Kier alpha value is -2.04. The Morgan fingerprint density at radius 1 is 1.53 bits per heavy atom. The molecular weight excluding hydrogens is 246 g/mol. The molecule has 1 heterocycles. The van der Waals surface area contributed by atoms with Gasteiger partial charge in [0, 0.05) is 24.6 Å². The first kappa shape index (κ1) is 13.4. The molecule has 1 N–H and O–H groups in total. The highest BCUT2D eigenvalue weighted by atomic mass is 16.6. The van der Waals surface area contributed by atoms with Crippen molar-refractivity contribution in [2.45, 2.75) is 32.2 Å². The molecule has 1 aliphatic rings. The standard InChI is InChI=1S/C14H17NO4/c1-10-3-2-4-12(9-10)15-11(5-6-13(16)17)7-8-19-14(15)18/h2-4,9,11H,5-8H2,1H3,(H,16,17). The Morgan fingerprint density at radius 2 is 2.32 bits per heavy atom. The lowest BCUT2D eigenvalue weighted by Gasteiger charge is -2.35. The fourth-order valence-corrected chi connectivity index (χ4v) is 2.29. The van der Waals surface area contributed by atoms with Crippen molar-refractivity contribution >= 4 is 17.7 Å². The van der Waals surface area contributed by atoms with Crippen molar-refractivity contribution in [1.82, 2.24) is 0 Å². The molecule has 1 aliphatic heterocycles. The van der Waals surface area contributed by atoms with Gasteiger partial charge >= 0.3 is 12.1 Å². The number of carboxylic acid groups (broad SMARTS) is 1. The van der Waals surface area contributed by atoms with Crippen molar-refractivity contribution in [3.05, 3.63) is 29.8 Å². The molecule has 19 heavy (non-hydrogen) atoms. The van der Waals surface area contributed by atoms with Gasteiger partial charge in [0.05, 0.1) is 6.61 Å². The van der Waals surface area contributed by atoms with E-state index in [4.69, 9.17) is 9.84 Å². The predicted octanol–water partition coefficient (Wildman–Crippen LogP) is 2.58. The number of carbonyl (C=O) groups excluding carboxylic acids is 1. The van der Waals surface area contributed by atoms with Gasteiger partial charge in [-0.1, -0.05) is 12.1 Å². The van der Waals surface area contributed by atoms with Crippen LogP contribution in [0.2, 0.25) is 0 Å². The molecular formula is C14H17NO4. The lowest BCUT2D eigenvalue weighted by molar-refractivity contribution is -0.137. The molecule has 1 aromatic carbocycles. The zero-order valence-corrected chi connectivity index (χ0v) is 10.8. The van der Waals surface area contributed by atoms with Crippen LogP contribution < -0.4 is 4.90 Å². The molecule has 5 nitrogen and oxygen atoms in total. The number of aliphatic carboxylic acids is 1. The van der Waals surface area contributed by atoms with Gasteiger partial charge in [-0.25, -0.2) is 4.79 Å². The van der Waals surface area contributed by atoms with E-state index in [1.165, 1.54) is 0 Å². The molecule has 0 bridgehead atoms. The number of anilines is 1. The number of rotatable bonds is 4. The third kappa shape index (κ3) is 3.24. The lowest BCUT2D eigenvalue weighted by atomic mass is 10.0. The fraction of sp³-hybridized carbons (Fsp3) is 0.429. The number of hydrogen-bond donors (Lipinski definition) is 1. The van der Waals surface area contributed by atoms with E-state index in [-0.39, 0.29) is 12.5 Å². The van der Waals surface area contributed by atoms with Gasteiger partial charge in [-0.2, -0.15) is 0 Å². The molecule has 0 saturated carbocycles. The molecule has 102 valence electrons. The van der Waals surface area contributed by atoms with Gasteiger partial charge in [-0.3, -0.25) is 9.69 Å². The molecule has 0 aliphatic carbocycles. The largest absolute Gasteiger partial charge is 0.481 e. The Balaban J connectivity index is 2.20. The van der Waals surface area contributed by atoms with Crippen molar-refractivity contribution in [1.29, 1.82) is 0 Å². The maximum Gasteiger partial charge on any atom is 0.414 e. The van der Waals surface area contributed by atoms with Gasteiger partial charge in [-0.15, -0.1) is 0 Å². The summed E-state index contributed by atoms with van der Waals surface area (Å²) in [7, 11) is 0. The Morgan fingerprint density at radius 3 is 3.00 bits per heavy atom. The highest BCUT2D eigenvalue weighted by Gasteiger charge is 2.31. The van der Waals surface area contributed by atoms with Crippen molar-refractivity contribution in [2.24, 2.45) is 0 Å². The normalized spacial score (nSPS) is 19.1. The minimum atomic E-state index is -0.844. The van der Waals surface area contributed by atoms with E-state index >= 15 is 0 Å². The van der Waals surface area contributed by atoms with Gasteiger partial charge in [0.1, 0.15) is 0 Å². The van der Waals surface area contributed by atoms with Crippen molar-refractivity contribution in [3.63, 3.8) is 0 Å². The van der Waals surface area contributed by atoms with Crippen molar-refractivity contribution in [2.75, 3.05) is 11.5 Å². The van der Waals surface area contributed by atoms with Gasteiger partial charge < -0.3 is 9.84 Å². The van der Waals surface area contributed by atoms with Crippen LogP contribution in [0.3, 0.4) is 0 Å². The number of hydrogen-bond acceptors (Lipinski definition) is 3. The topological polar surface area (TPSA) is 66.8 Å². The summed E-state index contributed by atoms with van der Waals surface area (Å²) in [6.07, 6.45) is 0.762.